The third-order valence-electron chi connectivity index (χ3n) is 7.75. The minimum atomic E-state index is -4.04. The van der Waals surface area contributed by atoms with Crippen molar-refractivity contribution in [3.05, 3.63) is 64.3 Å². The van der Waals surface area contributed by atoms with Crippen LogP contribution in [0.4, 0.5) is 4.79 Å². The van der Waals surface area contributed by atoms with Gasteiger partial charge in [-0.2, -0.15) is 4.31 Å². The van der Waals surface area contributed by atoms with Crippen LogP contribution in [0.5, 0.6) is 0 Å². The van der Waals surface area contributed by atoms with Crippen molar-refractivity contribution >= 4 is 58.9 Å². The molecule has 0 spiro atoms. The maximum Gasteiger partial charge on any atom is 0.407 e. The first kappa shape index (κ1) is 32.4. The van der Waals surface area contributed by atoms with Crippen molar-refractivity contribution < 1.29 is 36.9 Å². The number of nitrogens with zero attached hydrogens (tertiary/aromatic N) is 1. The maximum absolute atomic E-state index is 14.0. The van der Waals surface area contributed by atoms with E-state index in [1.165, 1.54) is 10.4 Å². The van der Waals surface area contributed by atoms with Gasteiger partial charge in [0.05, 0.1) is 36.2 Å². The van der Waals surface area contributed by atoms with Crippen LogP contribution >= 0.6 is 31.9 Å². The van der Waals surface area contributed by atoms with E-state index in [2.05, 4.69) is 37.2 Å². The number of nitrogens with one attached hydrogen (secondary N) is 1. The predicted octanol–water partition coefficient (Wildman–Crippen LogP) is 5.20. The molecule has 0 radical (unpaired) electrons. The predicted molar refractivity (Wildman–Crippen MR) is 167 cm³/mol. The number of hydrogen-bond donors (Lipinski definition) is 2. The van der Waals surface area contributed by atoms with Crippen LogP contribution in [0.25, 0.3) is 11.0 Å². The van der Waals surface area contributed by atoms with Crippen LogP contribution in [0.2, 0.25) is 0 Å². The molecule has 0 aliphatic carbocycles. The molecule has 1 amide bonds. The molecule has 2 fully saturated rings. The largest absolute Gasteiger partial charge is 0.449 e. The van der Waals surface area contributed by atoms with Gasteiger partial charge in [-0.05, 0) is 58.5 Å². The molecule has 5 rings (SSSR count). The van der Waals surface area contributed by atoms with Crippen LogP contribution in [0.3, 0.4) is 0 Å². The number of ether oxygens (including phenoxy) is 3. The second-order valence-electron chi connectivity index (χ2n) is 11.3. The highest BCUT2D eigenvalue weighted by Crippen LogP contribution is 2.35. The molecule has 0 unspecified atom stereocenters. The summed E-state index contributed by atoms with van der Waals surface area (Å²) in [4.78, 5) is 13.2. The van der Waals surface area contributed by atoms with Crippen LogP contribution < -0.4 is 5.32 Å². The van der Waals surface area contributed by atoms with E-state index in [-0.39, 0.29) is 49.1 Å². The minimum Gasteiger partial charge on any atom is -0.449 e. The summed E-state index contributed by atoms with van der Waals surface area (Å²) in [5, 5.41) is 15.5. The average molecular weight is 744 g/mol. The topological polar surface area (TPSA) is 128 Å². The van der Waals surface area contributed by atoms with Gasteiger partial charge in [0.1, 0.15) is 11.7 Å². The first-order valence-corrected chi connectivity index (χ1v) is 17.6. The highest BCUT2D eigenvalue weighted by Gasteiger charge is 2.44. The number of rotatable bonds is 12. The Morgan fingerprint density at radius 1 is 1.16 bits per heavy atom. The summed E-state index contributed by atoms with van der Waals surface area (Å²) in [5.74, 6) is -0.0607. The number of carbonyl (C=O) groups excluding carboxylic acids is 1. The zero-order valence-electron chi connectivity index (χ0n) is 23.9. The van der Waals surface area contributed by atoms with Crippen molar-refractivity contribution in [2.24, 2.45) is 11.8 Å². The average Bonchev–Trinajstić information content (AvgIpc) is 3.67. The van der Waals surface area contributed by atoms with E-state index in [9.17, 15) is 18.3 Å². The van der Waals surface area contributed by atoms with E-state index in [0.29, 0.717) is 27.6 Å². The standard InChI is InChI=1S/C30H36Br2N2O8S/c1-18(2)15-34(43(37,38)20-8-9-26-22(13-20)23(14-31)28(32)41-26)16-25(35)24(12-19-6-4-3-5-7-19)33-30(36)42-27-17-40-29-21(27)10-11-39-29/h3-9,13,18,21,24-25,27,29,35H,10-12,14-17H2,1-2H3,(H,33,36)/t21-,24-,25+,27-,29+/m0/s1. The van der Waals surface area contributed by atoms with Crippen LogP contribution in [0.15, 0.2) is 62.5 Å². The third kappa shape index (κ3) is 7.46. The number of amides is 1. The first-order valence-electron chi connectivity index (χ1n) is 14.3. The molecule has 3 aromatic rings. The van der Waals surface area contributed by atoms with Gasteiger partial charge in [-0.3, -0.25) is 0 Å². The van der Waals surface area contributed by atoms with Crippen molar-refractivity contribution in [2.45, 2.75) is 61.5 Å². The number of sulfonamides is 1. The lowest BCUT2D eigenvalue weighted by Gasteiger charge is -2.31. The summed E-state index contributed by atoms with van der Waals surface area (Å²) in [7, 11) is -4.04. The number of halogens is 2. The lowest BCUT2D eigenvalue weighted by atomic mass is 10.0. The van der Waals surface area contributed by atoms with Gasteiger partial charge >= 0.3 is 6.09 Å². The fraction of sp³-hybridized carbons (Fsp3) is 0.500. The Hall–Kier alpha value is -2.00. The molecule has 234 valence electrons. The molecule has 43 heavy (non-hydrogen) atoms. The van der Waals surface area contributed by atoms with Gasteiger partial charge < -0.3 is 29.1 Å². The molecule has 0 saturated carbocycles. The van der Waals surface area contributed by atoms with Gasteiger partial charge in [0, 0.05) is 29.4 Å². The van der Waals surface area contributed by atoms with Gasteiger partial charge in [0.25, 0.3) is 0 Å². The lowest BCUT2D eigenvalue weighted by molar-refractivity contribution is -0.0907. The minimum absolute atomic E-state index is 0.0266. The Balaban J connectivity index is 1.37. The van der Waals surface area contributed by atoms with Crippen molar-refractivity contribution in [1.29, 1.82) is 0 Å². The number of alkyl halides is 1. The SMILES string of the molecule is CC(C)CN(C[C@@H](O)[C@H](Cc1ccccc1)NC(=O)O[C@H]1CO[C@H]2OCC[C@H]21)S(=O)(=O)c1ccc2oc(Br)c(CBr)c2c1. The Morgan fingerprint density at radius 3 is 2.65 bits per heavy atom. The first-order chi connectivity index (χ1) is 20.6. The molecule has 2 saturated heterocycles. The molecular weight excluding hydrogens is 708 g/mol. The van der Waals surface area contributed by atoms with Crippen LogP contribution in [0.1, 0.15) is 31.4 Å². The highest BCUT2D eigenvalue weighted by atomic mass is 79.9. The number of furan rings is 1. The molecule has 13 heteroatoms. The molecule has 10 nitrogen and oxygen atoms in total. The van der Waals surface area contributed by atoms with Gasteiger partial charge in [-0.1, -0.05) is 60.1 Å². The van der Waals surface area contributed by atoms with Crippen LogP contribution in [-0.4, -0.2) is 74.8 Å². The smallest absolute Gasteiger partial charge is 0.407 e. The molecule has 2 N–H and O–H groups in total. The Kier molecular flexibility index (Phi) is 10.5. The summed E-state index contributed by atoms with van der Waals surface area (Å²) in [6, 6.07) is 13.3. The van der Waals surface area contributed by atoms with Crippen LogP contribution in [0, 0.1) is 11.8 Å². The summed E-state index contributed by atoms with van der Waals surface area (Å²) >= 11 is 6.84. The van der Waals surface area contributed by atoms with Gasteiger partial charge in [0.15, 0.2) is 11.0 Å². The quantitative estimate of drug-likeness (QED) is 0.243. The fourth-order valence-electron chi connectivity index (χ4n) is 5.57. The van der Waals surface area contributed by atoms with Gasteiger partial charge in [-0.25, -0.2) is 13.2 Å². The highest BCUT2D eigenvalue weighted by molar-refractivity contribution is 9.10. The molecule has 5 atom stereocenters. The Labute approximate surface area is 268 Å². The number of hydrogen-bond acceptors (Lipinski definition) is 8. The van der Waals surface area contributed by atoms with E-state index in [4.69, 9.17) is 18.6 Å². The Bertz CT molecular complexity index is 1520. The molecule has 0 bridgehead atoms. The number of aliphatic hydroxyl groups excluding tert-OH is 1. The second-order valence-corrected chi connectivity index (χ2v) is 14.6. The molecule has 3 heterocycles. The van der Waals surface area contributed by atoms with Gasteiger partial charge in [-0.15, -0.1) is 0 Å². The number of fused-ring (bicyclic) bond motifs is 2. The van der Waals surface area contributed by atoms with E-state index < -0.39 is 34.4 Å². The molecule has 2 aromatic carbocycles. The van der Waals surface area contributed by atoms with Crippen molar-refractivity contribution in [1.82, 2.24) is 9.62 Å². The van der Waals surface area contributed by atoms with Crippen molar-refractivity contribution in [3.63, 3.8) is 0 Å². The number of carbonyl (C=O) groups is 1. The number of aliphatic hydroxyl groups is 1. The Morgan fingerprint density at radius 2 is 1.93 bits per heavy atom. The fourth-order valence-corrected chi connectivity index (χ4v) is 8.68. The summed E-state index contributed by atoms with van der Waals surface area (Å²) in [5.41, 5.74) is 2.23. The van der Waals surface area contributed by atoms with Crippen molar-refractivity contribution in [3.8, 4) is 0 Å². The van der Waals surface area contributed by atoms with Crippen LogP contribution in [-0.2, 0) is 36.0 Å². The zero-order valence-corrected chi connectivity index (χ0v) is 27.9. The van der Waals surface area contributed by atoms with Gasteiger partial charge in [0.2, 0.25) is 10.0 Å². The molecule has 2 aliphatic heterocycles. The summed E-state index contributed by atoms with van der Waals surface area (Å²) in [6.07, 6.45) is -1.76. The molecule has 1 aromatic heterocycles. The molecule has 2 aliphatic rings. The lowest BCUT2D eigenvalue weighted by Crippen LogP contribution is -2.51. The molecular formula is C30H36Br2N2O8S. The monoisotopic (exact) mass is 742 g/mol. The van der Waals surface area contributed by atoms with E-state index in [1.807, 2.05) is 44.2 Å². The van der Waals surface area contributed by atoms with E-state index in [1.54, 1.807) is 12.1 Å². The van der Waals surface area contributed by atoms with Crippen molar-refractivity contribution in [2.75, 3.05) is 26.3 Å². The van der Waals surface area contributed by atoms with E-state index in [0.717, 1.165) is 17.5 Å². The maximum atomic E-state index is 14.0. The number of alkyl carbamates (subject to hydrolysis) is 1. The summed E-state index contributed by atoms with van der Waals surface area (Å²) < 4.78 is 52.4. The van der Waals surface area contributed by atoms with E-state index >= 15 is 0 Å². The summed E-state index contributed by atoms with van der Waals surface area (Å²) in [6.45, 7) is 4.55. The third-order valence-corrected chi connectivity index (χ3v) is 10.8. The number of benzene rings is 2. The normalized spacial score (nSPS) is 21.8. The second kappa shape index (κ2) is 14.0. The zero-order chi connectivity index (χ0) is 30.7.